The molecule has 1 aromatic heterocycles. The Balaban J connectivity index is 2.28. The molecule has 0 radical (unpaired) electrons. The number of fused-ring (bicyclic) bond motifs is 2. The molecule has 0 aliphatic carbocycles. The first kappa shape index (κ1) is 14.2. The van der Waals surface area contributed by atoms with E-state index in [0.29, 0.717) is 0 Å². The van der Waals surface area contributed by atoms with Crippen molar-refractivity contribution in [1.82, 2.24) is 9.88 Å². The van der Waals surface area contributed by atoms with Crippen molar-refractivity contribution in [1.29, 1.82) is 0 Å². The van der Waals surface area contributed by atoms with Crippen molar-refractivity contribution in [3.8, 4) is 0 Å². The van der Waals surface area contributed by atoms with Crippen LogP contribution in [0.2, 0.25) is 5.02 Å². The standard InChI is InChI=1S/C16H19ClN2S/c1-3-19-7-6-15-12(8-19)13(9-20)11-4-5-14(17)10(2)16(11)18-15/h4-5,20H,3,6-9H2,1-2H3. The second-order valence-electron chi connectivity index (χ2n) is 5.36. The molecule has 0 fully saturated rings. The van der Waals surface area contributed by atoms with Crippen LogP contribution in [-0.4, -0.2) is 23.0 Å². The van der Waals surface area contributed by atoms with Gasteiger partial charge in [0.2, 0.25) is 0 Å². The first-order valence-corrected chi connectivity index (χ1v) is 8.09. The molecule has 0 amide bonds. The van der Waals surface area contributed by atoms with Crippen LogP contribution in [-0.2, 0) is 18.7 Å². The number of thiol groups is 1. The van der Waals surface area contributed by atoms with Crippen LogP contribution in [0.15, 0.2) is 12.1 Å². The van der Waals surface area contributed by atoms with Crippen LogP contribution in [0.5, 0.6) is 0 Å². The van der Waals surface area contributed by atoms with E-state index >= 15 is 0 Å². The summed E-state index contributed by atoms with van der Waals surface area (Å²) in [6.45, 7) is 7.43. The molecule has 1 aliphatic heterocycles. The Kier molecular flexibility index (Phi) is 3.93. The molecule has 0 N–H and O–H groups in total. The van der Waals surface area contributed by atoms with Gasteiger partial charge in [0.05, 0.1) is 5.52 Å². The molecule has 3 rings (SSSR count). The normalized spacial score (nSPS) is 15.6. The van der Waals surface area contributed by atoms with Crippen LogP contribution in [0, 0.1) is 6.92 Å². The Labute approximate surface area is 130 Å². The summed E-state index contributed by atoms with van der Waals surface area (Å²) in [5, 5.41) is 2.00. The van der Waals surface area contributed by atoms with E-state index in [1.165, 1.54) is 22.2 Å². The van der Waals surface area contributed by atoms with Crippen molar-refractivity contribution in [2.45, 2.75) is 32.6 Å². The minimum Gasteiger partial charge on any atom is -0.299 e. The highest BCUT2D eigenvalue weighted by Gasteiger charge is 2.21. The van der Waals surface area contributed by atoms with Crippen molar-refractivity contribution >= 4 is 35.1 Å². The molecule has 2 aromatic rings. The maximum atomic E-state index is 6.24. The fourth-order valence-electron chi connectivity index (χ4n) is 3.01. The summed E-state index contributed by atoms with van der Waals surface area (Å²) in [4.78, 5) is 7.37. The van der Waals surface area contributed by atoms with E-state index in [1.54, 1.807) is 0 Å². The van der Waals surface area contributed by atoms with E-state index in [0.717, 1.165) is 47.9 Å². The topological polar surface area (TPSA) is 16.1 Å². The molecule has 106 valence electrons. The Morgan fingerprint density at radius 3 is 2.90 bits per heavy atom. The predicted molar refractivity (Wildman–Crippen MR) is 88.8 cm³/mol. The van der Waals surface area contributed by atoms with E-state index in [-0.39, 0.29) is 0 Å². The fraction of sp³-hybridized carbons (Fsp3) is 0.438. The summed E-state index contributed by atoms with van der Waals surface area (Å²) in [5.74, 6) is 0.750. The lowest BCUT2D eigenvalue weighted by atomic mass is 9.95. The third kappa shape index (κ3) is 2.22. The zero-order chi connectivity index (χ0) is 14.3. The van der Waals surface area contributed by atoms with E-state index in [4.69, 9.17) is 16.6 Å². The van der Waals surface area contributed by atoms with Gasteiger partial charge in [-0.3, -0.25) is 9.88 Å². The molecule has 0 saturated heterocycles. The molecule has 0 bridgehead atoms. The van der Waals surface area contributed by atoms with Crippen LogP contribution in [0.3, 0.4) is 0 Å². The second-order valence-corrected chi connectivity index (χ2v) is 6.08. The molecule has 20 heavy (non-hydrogen) atoms. The quantitative estimate of drug-likeness (QED) is 0.844. The molecule has 2 heterocycles. The highest BCUT2D eigenvalue weighted by atomic mass is 35.5. The van der Waals surface area contributed by atoms with Gasteiger partial charge in [0.1, 0.15) is 0 Å². The molecule has 0 saturated carbocycles. The minimum absolute atomic E-state index is 0.750. The SMILES string of the molecule is CCN1CCc2nc3c(C)c(Cl)ccc3c(CS)c2C1. The van der Waals surface area contributed by atoms with Gasteiger partial charge in [-0.1, -0.05) is 24.6 Å². The average Bonchev–Trinajstić information content (AvgIpc) is 2.48. The van der Waals surface area contributed by atoms with Gasteiger partial charge in [-0.2, -0.15) is 12.6 Å². The molecule has 0 unspecified atom stereocenters. The summed E-state index contributed by atoms with van der Waals surface area (Å²) in [6, 6.07) is 4.06. The highest BCUT2D eigenvalue weighted by molar-refractivity contribution is 7.79. The van der Waals surface area contributed by atoms with Crippen molar-refractivity contribution in [2.24, 2.45) is 0 Å². The molecule has 2 nitrogen and oxygen atoms in total. The Hall–Kier alpha value is -0.770. The van der Waals surface area contributed by atoms with E-state index in [1.807, 2.05) is 13.0 Å². The smallest absolute Gasteiger partial charge is 0.0752 e. The third-order valence-electron chi connectivity index (χ3n) is 4.30. The van der Waals surface area contributed by atoms with Crippen molar-refractivity contribution in [2.75, 3.05) is 13.1 Å². The van der Waals surface area contributed by atoms with E-state index in [9.17, 15) is 0 Å². The van der Waals surface area contributed by atoms with Gasteiger partial charge in [0, 0.05) is 41.4 Å². The number of hydrogen-bond donors (Lipinski definition) is 1. The van der Waals surface area contributed by atoms with Gasteiger partial charge in [0.15, 0.2) is 0 Å². The zero-order valence-corrected chi connectivity index (χ0v) is 13.6. The average molecular weight is 307 g/mol. The lowest BCUT2D eigenvalue weighted by molar-refractivity contribution is 0.265. The molecule has 1 aliphatic rings. The number of pyridine rings is 1. The zero-order valence-electron chi connectivity index (χ0n) is 11.9. The number of rotatable bonds is 2. The molecule has 0 atom stereocenters. The fourth-order valence-corrected chi connectivity index (χ4v) is 3.53. The maximum absolute atomic E-state index is 6.24. The maximum Gasteiger partial charge on any atom is 0.0752 e. The summed E-state index contributed by atoms with van der Waals surface area (Å²) in [6.07, 6.45) is 1.02. The highest BCUT2D eigenvalue weighted by Crippen LogP contribution is 2.32. The van der Waals surface area contributed by atoms with Gasteiger partial charge in [-0.25, -0.2) is 0 Å². The van der Waals surface area contributed by atoms with Crippen LogP contribution in [0.25, 0.3) is 10.9 Å². The molecule has 4 heteroatoms. The summed E-state index contributed by atoms with van der Waals surface area (Å²) < 4.78 is 0. The predicted octanol–water partition coefficient (Wildman–Crippen LogP) is 4.00. The van der Waals surface area contributed by atoms with Crippen LogP contribution < -0.4 is 0 Å². The number of hydrogen-bond acceptors (Lipinski definition) is 3. The number of benzene rings is 1. The Bertz CT molecular complexity index is 669. The largest absolute Gasteiger partial charge is 0.299 e. The van der Waals surface area contributed by atoms with Gasteiger partial charge >= 0.3 is 0 Å². The lowest BCUT2D eigenvalue weighted by Gasteiger charge is -2.29. The molecule has 1 aromatic carbocycles. The summed E-state index contributed by atoms with van der Waals surface area (Å²) in [5.41, 5.74) is 6.06. The lowest BCUT2D eigenvalue weighted by Crippen LogP contribution is -2.31. The second kappa shape index (κ2) is 5.55. The molecular weight excluding hydrogens is 288 g/mol. The Morgan fingerprint density at radius 1 is 1.40 bits per heavy atom. The van der Waals surface area contributed by atoms with Gasteiger partial charge in [-0.15, -0.1) is 0 Å². The molecule has 0 spiro atoms. The molecular formula is C16H19ClN2S. The van der Waals surface area contributed by atoms with Gasteiger partial charge in [-0.05, 0) is 36.2 Å². The number of likely N-dealkylation sites (N-methyl/N-ethyl adjacent to an activating group) is 1. The van der Waals surface area contributed by atoms with Crippen LogP contribution >= 0.6 is 24.2 Å². The van der Waals surface area contributed by atoms with Gasteiger partial charge in [0.25, 0.3) is 0 Å². The van der Waals surface area contributed by atoms with Crippen LogP contribution in [0.4, 0.5) is 0 Å². The number of halogens is 1. The first-order chi connectivity index (χ1) is 9.65. The van der Waals surface area contributed by atoms with Crippen molar-refractivity contribution < 1.29 is 0 Å². The van der Waals surface area contributed by atoms with E-state index < -0.39 is 0 Å². The van der Waals surface area contributed by atoms with E-state index in [2.05, 4.69) is 30.5 Å². The van der Waals surface area contributed by atoms with Crippen molar-refractivity contribution in [3.63, 3.8) is 0 Å². The number of aryl methyl sites for hydroxylation is 1. The summed E-state index contributed by atoms with van der Waals surface area (Å²) in [7, 11) is 0. The summed E-state index contributed by atoms with van der Waals surface area (Å²) >= 11 is 10.8. The number of aromatic nitrogens is 1. The van der Waals surface area contributed by atoms with Crippen molar-refractivity contribution in [3.05, 3.63) is 39.5 Å². The first-order valence-electron chi connectivity index (χ1n) is 7.08. The minimum atomic E-state index is 0.750. The number of nitrogens with zero attached hydrogens (tertiary/aromatic N) is 2. The third-order valence-corrected chi connectivity index (χ3v) is 5.03. The Morgan fingerprint density at radius 2 is 2.20 bits per heavy atom. The van der Waals surface area contributed by atoms with Gasteiger partial charge < -0.3 is 0 Å². The monoisotopic (exact) mass is 306 g/mol. The van der Waals surface area contributed by atoms with Crippen LogP contribution in [0.1, 0.15) is 29.3 Å².